The van der Waals surface area contributed by atoms with Crippen LogP contribution in [0.4, 0.5) is 0 Å². The van der Waals surface area contributed by atoms with Crippen LogP contribution in [0.2, 0.25) is 0 Å². The van der Waals surface area contributed by atoms with Crippen LogP contribution in [0.5, 0.6) is 0 Å². The molecule has 1 aliphatic carbocycles. The molecule has 0 saturated carbocycles. The molecule has 0 heterocycles. The SMILES string of the molecule is CCCC1Cc2cccc3cccc1c23. The quantitative estimate of drug-likeness (QED) is 0.672. The van der Waals surface area contributed by atoms with Crippen molar-refractivity contribution in [2.24, 2.45) is 0 Å². The molecular weight excluding hydrogens is 180 g/mol. The van der Waals surface area contributed by atoms with Crippen LogP contribution < -0.4 is 0 Å². The molecule has 0 aliphatic heterocycles. The number of benzene rings is 2. The van der Waals surface area contributed by atoms with Crippen LogP contribution in [-0.2, 0) is 6.42 Å². The Balaban J connectivity index is 2.22. The first-order chi connectivity index (χ1) is 7.40. The minimum Gasteiger partial charge on any atom is -0.0654 e. The monoisotopic (exact) mass is 196 g/mol. The Morgan fingerprint density at radius 2 is 1.93 bits per heavy atom. The van der Waals surface area contributed by atoms with Gasteiger partial charge in [0.15, 0.2) is 0 Å². The maximum absolute atomic E-state index is 2.32. The van der Waals surface area contributed by atoms with Gasteiger partial charge in [0.25, 0.3) is 0 Å². The Bertz CT molecular complexity index is 491. The molecule has 0 radical (unpaired) electrons. The summed E-state index contributed by atoms with van der Waals surface area (Å²) < 4.78 is 0. The molecule has 1 aliphatic rings. The van der Waals surface area contributed by atoms with Crippen molar-refractivity contribution < 1.29 is 0 Å². The van der Waals surface area contributed by atoms with Crippen molar-refractivity contribution >= 4 is 10.8 Å². The molecule has 0 fully saturated rings. The van der Waals surface area contributed by atoms with Crippen molar-refractivity contribution in [3.63, 3.8) is 0 Å². The van der Waals surface area contributed by atoms with Gasteiger partial charge in [0.05, 0.1) is 0 Å². The summed E-state index contributed by atoms with van der Waals surface area (Å²) in [6.45, 7) is 2.28. The fraction of sp³-hybridized carbons (Fsp3) is 0.333. The average Bonchev–Trinajstić information content (AvgIpc) is 2.61. The Morgan fingerprint density at radius 1 is 1.13 bits per heavy atom. The lowest BCUT2D eigenvalue weighted by molar-refractivity contribution is 0.631. The maximum Gasteiger partial charge on any atom is -0.0115 e. The van der Waals surface area contributed by atoms with Crippen LogP contribution in [0.25, 0.3) is 10.8 Å². The minimum absolute atomic E-state index is 0.774. The molecule has 0 nitrogen and oxygen atoms in total. The molecule has 0 heteroatoms. The third-order valence-corrected chi connectivity index (χ3v) is 3.57. The van der Waals surface area contributed by atoms with Gasteiger partial charge >= 0.3 is 0 Å². The molecule has 0 bridgehead atoms. The van der Waals surface area contributed by atoms with Gasteiger partial charge < -0.3 is 0 Å². The van der Waals surface area contributed by atoms with Gasteiger partial charge in [-0.2, -0.15) is 0 Å². The van der Waals surface area contributed by atoms with Crippen LogP contribution in [-0.4, -0.2) is 0 Å². The molecule has 1 atom stereocenters. The molecule has 0 aromatic heterocycles. The highest BCUT2D eigenvalue weighted by molar-refractivity contribution is 5.91. The van der Waals surface area contributed by atoms with Crippen molar-refractivity contribution in [3.05, 3.63) is 47.5 Å². The lowest BCUT2D eigenvalue weighted by Gasteiger charge is -2.09. The van der Waals surface area contributed by atoms with E-state index < -0.39 is 0 Å². The highest BCUT2D eigenvalue weighted by atomic mass is 14.3. The second-order valence-corrected chi connectivity index (χ2v) is 4.55. The van der Waals surface area contributed by atoms with Crippen molar-refractivity contribution in [1.29, 1.82) is 0 Å². The van der Waals surface area contributed by atoms with Gasteiger partial charge in [0.2, 0.25) is 0 Å². The third kappa shape index (κ3) is 1.28. The van der Waals surface area contributed by atoms with Crippen LogP contribution in [0, 0.1) is 0 Å². The Hall–Kier alpha value is -1.30. The molecule has 0 N–H and O–H groups in total. The summed E-state index contributed by atoms with van der Waals surface area (Å²) in [4.78, 5) is 0. The lowest BCUT2D eigenvalue weighted by Crippen LogP contribution is -1.94. The van der Waals surface area contributed by atoms with E-state index in [0.29, 0.717) is 0 Å². The maximum atomic E-state index is 2.32. The number of hydrogen-bond acceptors (Lipinski definition) is 0. The predicted molar refractivity (Wildman–Crippen MR) is 65.3 cm³/mol. The normalized spacial score (nSPS) is 18.6. The third-order valence-electron chi connectivity index (χ3n) is 3.57. The molecule has 0 spiro atoms. The van der Waals surface area contributed by atoms with Crippen LogP contribution in [0.3, 0.4) is 0 Å². The Kier molecular flexibility index (Phi) is 2.02. The molecular formula is C15H16. The predicted octanol–water partition coefficient (Wildman–Crippen LogP) is 4.28. The van der Waals surface area contributed by atoms with E-state index in [1.54, 1.807) is 16.5 Å². The zero-order valence-electron chi connectivity index (χ0n) is 9.16. The molecule has 1 unspecified atom stereocenters. The molecule has 0 saturated heterocycles. The molecule has 0 amide bonds. The average molecular weight is 196 g/mol. The fourth-order valence-corrected chi connectivity index (χ4v) is 2.94. The van der Waals surface area contributed by atoms with Gasteiger partial charge in [-0.05, 0) is 40.7 Å². The zero-order chi connectivity index (χ0) is 10.3. The van der Waals surface area contributed by atoms with Crippen LogP contribution >= 0.6 is 0 Å². The van der Waals surface area contributed by atoms with E-state index in [2.05, 4.69) is 43.3 Å². The molecule has 2 aromatic rings. The summed E-state index contributed by atoms with van der Waals surface area (Å²) in [6.07, 6.45) is 3.87. The fourth-order valence-electron chi connectivity index (χ4n) is 2.94. The van der Waals surface area contributed by atoms with Crippen molar-refractivity contribution in [1.82, 2.24) is 0 Å². The summed E-state index contributed by atoms with van der Waals surface area (Å²) in [7, 11) is 0. The van der Waals surface area contributed by atoms with Gasteiger partial charge in [-0.25, -0.2) is 0 Å². The van der Waals surface area contributed by atoms with E-state index in [4.69, 9.17) is 0 Å². The van der Waals surface area contributed by atoms with Gasteiger partial charge in [-0.15, -0.1) is 0 Å². The molecule has 76 valence electrons. The van der Waals surface area contributed by atoms with E-state index in [1.165, 1.54) is 24.6 Å². The van der Waals surface area contributed by atoms with E-state index in [9.17, 15) is 0 Å². The second-order valence-electron chi connectivity index (χ2n) is 4.55. The summed E-state index contributed by atoms with van der Waals surface area (Å²) >= 11 is 0. The largest absolute Gasteiger partial charge is 0.0654 e. The summed E-state index contributed by atoms with van der Waals surface area (Å²) in [5.74, 6) is 0.774. The summed E-state index contributed by atoms with van der Waals surface area (Å²) in [6, 6.07) is 13.5. The van der Waals surface area contributed by atoms with Crippen LogP contribution in [0.1, 0.15) is 36.8 Å². The van der Waals surface area contributed by atoms with Gasteiger partial charge in [-0.3, -0.25) is 0 Å². The standard InChI is InChI=1S/C15H16/c1-2-5-12-10-13-8-3-6-11-7-4-9-14(12)15(11)13/h3-4,6-9,12H,2,5,10H2,1H3. The first-order valence-corrected chi connectivity index (χ1v) is 5.90. The topological polar surface area (TPSA) is 0 Å². The van der Waals surface area contributed by atoms with E-state index in [0.717, 1.165) is 5.92 Å². The van der Waals surface area contributed by atoms with Gasteiger partial charge in [0.1, 0.15) is 0 Å². The molecule has 3 rings (SSSR count). The van der Waals surface area contributed by atoms with E-state index in [1.807, 2.05) is 0 Å². The molecule has 2 aromatic carbocycles. The van der Waals surface area contributed by atoms with E-state index >= 15 is 0 Å². The van der Waals surface area contributed by atoms with Crippen molar-refractivity contribution in [3.8, 4) is 0 Å². The lowest BCUT2D eigenvalue weighted by atomic mass is 9.96. The zero-order valence-corrected chi connectivity index (χ0v) is 9.16. The Labute approximate surface area is 90.9 Å². The van der Waals surface area contributed by atoms with Crippen LogP contribution in [0.15, 0.2) is 36.4 Å². The Morgan fingerprint density at radius 3 is 2.73 bits per heavy atom. The van der Waals surface area contributed by atoms with Crippen molar-refractivity contribution in [2.45, 2.75) is 32.1 Å². The van der Waals surface area contributed by atoms with Crippen molar-refractivity contribution in [2.75, 3.05) is 0 Å². The highest BCUT2D eigenvalue weighted by Crippen LogP contribution is 2.40. The van der Waals surface area contributed by atoms with E-state index in [-0.39, 0.29) is 0 Å². The number of hydrogen-bond donors (Lipinski definition) is 0. The second kappa shape index (κ2) is 3.37. The minimum atomic E-state index is 0.774. The highest BCUT2D eigenvalue weighted by Gasteiger charge is 2.22. The summed E-state index contributed by atoms with van der Waals surface area (Å²) in [5, 5.41) is 2.96. The van der Waals surface area contributed by atoms with Gasteiger partial charge in [0, 0.05) is 0 Å². The first-order valence-electron chi connectivity index (χ1n) is 5.90. The first kappa shape index (κ1) is 8.96. The number of rotatable bonds is 2. The molecule has 15 heavy (non-hydrogen) atoms. The summed E-state index contributed by atoms with van der Waals surface area (Å²) in [5.41, 5.74) is 3.14. The smallest absolute Gasteiger partial charge is 0.0115 e. The van der Waals surface area contributed by atoms with Gasteiger partial charge in [-0.1, -0.05) is 49.7 Å².